The van der Waals surface area contributed by atoms with E-state index in [-0.39, 0.29) is 0 Å². The van der Waals surface area contributed by atoms with E-state index in [4.69, 9.17) is 4.98 Å². The molecule has 6 nitrogen and oxygen atoms in total. The summed E-state index contributed by atoms with van der Waals surface area (Å²) in [7, 11) is 2.22. The van der Waals surface area contributed by atoms with Crippen molar-refractivity contribution < 1.29 is 5.11 Å². The Labute approximate surface area is 158 Å². The predicted molar refractivity (Wildman–Crippen MR) is 106 cm³/mol. The van der Waals surface area contributed by atoms with Gasteiger partial charge in [0.15, 0.2) is 0 Å². The number of hydrogen-bond donors (Lipinski definition) is 1. The summed E-state index contributed by atoms with van der Waals surface area (Å²) < 4.78 is 0. The number of rotatable bonds is 6. The second kappa shape index (κ2) is 9.11. The van der Waals surface area contributed by atoms with Crippen LogP contribution < -0.4 is 4.90 Å². The zero-order valence-corrected chi connectivity index (χ0v) is 16.7. The first-order chi connectivity index (χ1) is 12.6. The van der Waals surface area contributed by atoms with Crippen LogP contribution in [-0.4, -0.2) is 83.8 Å². The summed E-state index contributed by atoms with van der Waals surface area (Å²) in [6.07, 6.45) is 6.13. The molecule has 26 heavy (non-hydrogen) atoms. The molecule has 0 unspecified atom stereocenters. The third-order valence-corrected chi connectivity index (χ3v) is 6.08. The summed E-state index contributed by atoms with van der Waals surface area (Å²) >= 11 is 0. The van der Waals surface area contributed by atoms with E-state index in [1.807, 2.05) is 13.1 Å². The number of likely N-dealkylation sites (N-methyl/N-ethyl adjacent to an activating group) is 1. The lowest BCUT2D eigenvalue weighted by Gasteiger charge is -2.47. The van der Waals surface area contributed by atoms with Gasteiger partial charge in [0.05, 0.1) is 0 Å². The van der Waals surface area contributed by atoms with Gasteiger partial charge in [0.25, 0.3) is 0 Å². The second-order valence-corrected chi connectivity index (χ2v) is 7.89. The van der Waals surface area contributed by atoms with Crippen LogP contribution in [0.25, 0.3) is 0 Å². The number of aliphatic hydroxyl groups excluding tert-OH is 1. The number of hydrogen-bond acceptors (Lipinski definition) is 6. The Bertz CT molecular complexity index is 573. The average molecular weight is 362 g/mol. The number of nitrogens with zero attached hydrogens (tertiary/aromatic N) is 5. The van der Waals surface area contributed by atoms with Crippen LogP contribution in [0, 0.1) is 12.8 Å². The van der Waals surface area contributed by atoms with E-state index in [1.165, 1.54) is 25.1 Å². The van der Waals surface area contributed by atoms with Gasteiger partial charge in [-0.2, -0.15) is 0 Å². The van der Waals surface area contributed by atoms with E-state index in [0.717, 1.165) is 57.1 Å². The number of aromatic nitrogens is 2. The Morgan fingerprint density at radius 2 is 1.96 bits per heavy atom. The number of aliphatic hydroxyl groups is 1. The van der Waals surface area contributed by atoms with Crippen molar-refractivity contribution >= 4 is 5.82 Å². The molecule has 0 radical (unpaired) electrons. The fraction of sp³-hybridized carbons (Fsp3) is 0.800. The maximum absolute atomic E-state index is 9.38. The third kappa shape index (κ3) is 4.53. The molecule has 3 rings (SSSR count). The van der Waals surface area contributed by atoms with Gasteiger partial charge in [0.2, 0.25) is 0 Å². The largest absolute Gasteiger partial charge is 0.396 e. The SMILES string of the molecule is CCc1cnc(C)nc1N1CC[C@H](N2CCN(C)CC2)[C@H](CCCO)C1. The summed E-state index contributed by atoms with van der Waals surface area (Å²) in [6, 6.07) is 0.638. The molecule has 2 saturated heterocycles. The fourth-order valence-electron chi connectivity index (χ4n) is 4.49. The normalized spacial score (nSPS) is 25.6. The maximum Gasteiger partial charge on any atom is 0.135 e. The number of piperidine rings is 1. The molecule has 1 aromatic rings. The fourth-order valence-corrected chi connectivity index (χ4v) is 4.49. The standard InChI is InChI=1S/C20H35N5O/c1-4-17-14-21-16(2)22-20(17)25-8-7-19(18(15-25)6-5-13-26)24-11-9-23(3)10-12-24/h14,18-19,26H,4-13,15H2,1-3H3/t18-,19+/m1/s1. The quantitative estimate of drug-likeness (QED) is 0.830. The number of anilines is 1. The molecule has 0 aromatic carbocycles. The maximum atomic E-state index is 9.38. The van der Waals surface area contributed by atoms with Gasteiger partial charge in [-0.15, -0.1) is 0 Å². The molecule has 0 bridgehead atoms. The van der Waals surface area contributed by atoms with Gasteiger partial charge in [-0.25, -0.2) is 9.97 Å². The Morgan fingerprint density at radius 1 is 1.19 bits per heavy atom. The summed E-state index contributed by atoms with van der Waals surface area (Å²) in [5.41, 5.74) is 1.24. The van der Waals surface area contributed by atoms with E-state index >= 15 is 0 Å². The first kappa shape index (κ1) is 19.5. The van der Waals surface area contributed by atoms with Crippen LogP contribution >= 0.6 is 0 Å². The van der Waals surface area contributed by atoms with Crippen molar-refractivity contribution in [1.82, 2.24) is 19.8 Å². The zero-order chi connectivity index (χ0) is 18.5. The van der Waals surface area contributed by atoms with Gasteiger partial charge in [0, 0.05) is 63.7 Å². The molecular weight excluding hydrogens is 326 g/mol. The molecule has 6 heteroatoms. The minimum atomic E-state index is 0.290. The Morgan fingerprint density at radius 3 is 2.65 bits per heavy atom. The molecular formula is C20H35N5O. The van der Waals surface area contributed by atoms with Gasteiger partial charge < -0.3 is 14.9 Å². The highest BCUT2D eigenvalue weighted by Gasteiger charge is 2.35. The van der Waals surface area contributed by atoms with Gasteiger partial charge in [0.1, 0.15) is 11.6 Å². The highest BCUT2D eigenvalue weighted by Crippen LogP contribution is 2.30. The molecule has 2 atom stereocenters. The third-order valence-electron chi connectivity index (χ3n) is 6.08. The number of piperazine rings is 1. The average Bonchev–Trinajstić information content (AvgIpc) is 2.67. The van der Waals surface area contributed by atoms with Crippen molar-refractivity contribution in [3.05, 3.63) is 17.6 Å². The number of aryl methyl sites for hydroxylation is 2. The van der Waals surface area contributed by atoms with Crippen molar-refractivity contribution in [2.24, 2.45) is 5.92 Å². The summed E-state index contributed by atoms with van der Waals surface area (Å²) in [5, 5.41) is 9.38. The van der Waals surface area contributed by atoms with Crippen molar-refractivity contribution in [2.45, 2.75) is 45.6 Å². The Hall–Kier alpha value is -1.24. The molecule has 2 fully saturated rings. The molecule has 2 aliphatic heterocycles. The summed E-state index contributed by atoms with van der Waals surface area (Å²) in [5.74, 6) is 2.58. The highest BCUT2D eigenvalue weighted by atomic mass is 16.2. The molecule has 0 aliphatic carbocycles. The Kier molecular flexibility index (Phi) is 6.84. The van der Waals surface area contributed by atoms with Gasteiger partial charge in [-0.1, -0.05) is 6.92 Å². The predicted octanol–water partition coefficient (Wildman–Crippen LogP) is 1.56. The lowest BCUT2D eigenvalue weighted by Crippen LogP contribution is -2.56. The monoisotopic (exact) mass is 361 g/mol. The van der Waals surface area contributed by atoms with Gasteiger partial charge in [-0.05, 0) is 45.6 Å². The van der Waals surface area contributed by atoms with Crippen LogP contribution in [0.1, 0.15) is 37.6 Å². The first-order valence-electron chi connectivity index (χ1n) is 10.2. The van der Waals surface area contributed by atoms with Crippen LogP contribution in [0.3, 0.4) is 0 Å². The van der Waals surface area contributed by atoms with E-state index in [1.54, 1.807) is 0 Å². The molecule has 0 amide bonds. The topological polar surface area (TPSA) is 55.7 Å². The van der Waals surface area contributed by atoms with Crippen LogP contribution in [0.2, 0.25) is 0 Å². The van der Waals surface area contributed by atoms with Gasteiger partial charge >= 0.3 is 0 Å². The molecule has 0 spiro atoms. The zero-order valence-electron chi connectivity index (χ0n) is 16.7. The molecule has 3 heterocycles. The van der Waals surface area contributed by atoms with Crippen LogP contribution in [0.15, 0.2) is 6.20 Å². The van der Waals surface area contributed by atoms with E-state index < -0.39 is 0 Å². The van der Waals surface area contributed by atoms with Crippen LogP contribution in [-0.2, 0) is 6.42 Å². The van der Waals surface area contributed by atoms with Gasteiger partial charge in [-0.3, -0.25) is 4.90 Å². The molecule has 1 N–H and O–H groups in total. The van der Waals surface area contributed by atoms with Crippen molar-refractivity contribution in [1.29, 1.82) is 0 Å². The lowest BCUT2D eigenvalue weighted by atomic mass is 9.86. The Balaban J connectivity index is 1.74. The van der Waals surface area contributed by atoms with Crippen LogP contribution in [0.4, 0.5) is 5.82 Å². The minimum Gasteiger partial charge on any atom is -0.396 e. The van der Waals surface area contributed by atoms with E-state index in [0.29, 0.717) is 18.6 Å². The minimum absolute atomic E-state index is 0.290. The molecule has 2 aliphatic rings. The molecule has 146 valence electrons. The lowest BCUT2D eigenvalue weighted by molar-refractivity contribution is 0.0637. The van der Waals surface area contributed by atoms with Crippen molar-refractivity contribution in [3.8, 4) is 0 Å². The van der Waals surface area contributed by atoms with Crippen LogP contribution in [0.5, 0.6) is 0 Å². The van der Waals surface area contributed by atoms with E-state index in [9.17, 15) is 5.11 Å². The summed E-state index contributed by atoms with van der Waals surface area (Å²) in [6.45, 7) is 11.2. The summed E-state index contributed by atoms with van der Waals surface area (Å²) in [4.78, 5) is 16.8. The van der Waals surface area contributed by atoms with Crippen molar-refractivity contribution in [2.75, 3.05) is 57.8 Å². The second-order valence-electron chi connectivity index (χ2n) is 7.89. The van der Waals surface area contributed by atoms with E-state index in [2.05, 4.69) is 33.7 Å². The highest BCUT2D eigenvalue weighted by molar-refractivity contribution is 5.46. The first-order valence-corrected chi connectivity index (χ1v) is 10.2. The smallest absolute Gasteiger partial charge is 0.135 e. The molecule has 0 saturated carbocycles. The van der Waals surface area contributed by atoms with Crippen molar-refractivity contribution in [3.63, 3.8) is 0 Å². The molecule has 1 aromatic heterocycles.